The van der Waals surface area contributed by atoms with Gasteiger partial charge in [0.15, 0.2) is 11.5 Å². The Balaban J connectivity index is 1.49. The molecule has 0 spiro atoms. The van der Waals surface area contributed by atoms with Crippen molar-refractivity contribution in [3.8, 4) is 5.75 Å². The predicted octanol–water partition coefficient (Wildman–Crippen LogP) is 5.47. The molecule has 1 N–H and O–H groups in total. The maximum Gasteiger partial charge on any atom is 0.279 e. The highest BCUT2D eigenvalue weighted by molar-refractivity contribution is 6.31. The molecule has 0 aliphatic rings. The summed E-state index contributed by atoms with van der Waals surface area (Å²) in [6.07, 6.45) is 0. The molecule has 0 saturated carbocycles. The van der Waals surface area contributed by atoms with Crippen molar-refractivity contribution < 1.29 is 18.4 Å². The van der Waals surface area contributed by atoms with Crippen LogP contribution in [0.4, 0.5) is 10.2 Å². The van der Waals surface area contributed by atoms with Gasteiger partial charge in [-0.1, -0.05) is 41.0 Å². The normalized spacial score (nSPS) is 10.9. The number of hydrogen-bond donors (Lipinski definition) is 1. The van der Waals surface area contributed by atoms with Crippen LogP contribution in [0.1, 0.15) is 38.6 Å². The van der Waals surface area contributed by atoms with E-state index in [0.29, 0.717) is 33.5 Å². The van der Waals surface area contributed by atoms with Crippen LogP contribution >= 0.6 is 11.6 Å². The molecule has 170 valence electrons. The predicted molar refractivity (Wildman–Crippen MR) is 122 cm³/mol. The van der Waals surface area contributed by atoms with Gasteiger partial charge in [-0.15, -0.1) is 0 Å². The minimum Gasteiger partial charge on any atom is -0.488 e. The van der Waals surface area contributed by atoms with Gasteiger partial charge in [0, 0.05) is 22.3 Å². The van der Waals surface area contributed by atoms with Crippen molar-refractivity contribution in [1.82, 2.24) is 14.9 Å². The zero-order chi connectivity index (χ0) is 23.5. The Labute approximate surface area is 195 Å². The average Bonchev–Trinajstić information content (AvgIpc) is 3.32. The van der Waals surface area contributed by atoms with Crippen molar-refractivity contribution >= 4 is 23.3 Å². The largest absolute Gasteiger partial charge is 0.488 e. The third-order valence-corrected chi connectivity index (χ3v) is 5.61. The topological polar surface area (TPSA) is 82.2 Å². The van der Waals surface area contributed by atoms with Gasteiger partial charge in [0.2, 0.25) is 0 Å². The van der Waals surface area contributed by atoms with E-state index in [9.17, 15) is 9.18 Å². The summed E-state index contributed by atoms with van der Waals surface area (Å²) in [6, 6.07) is 13.8. The van der Waals surface area contributed by atoms with Crippen LogP contribution in [0, 0.1) is 26.6 Å². The molecule has 4 rings (SSSR count). The van der Waals surface area contributed by atoms with Crippen LogP contribution in [-0.2, 0) is 13.2 Å². The standard InChI is InChI=1S/C24H22ClFN4O3/c1-14-7-4-5-10-21(14)32-13-18-16(3)33-29-23(18)24(31)27-22-11-15(2)30(28-22)12-17-19(25)8-6-9-20(17)26/h4-11H,12-13H2,1-3H3,(H,27,28,31). The number of aryl methyl sites for hydroxylation is 3. The number of aromatic nitrogens is 3. The Bertz CT molecular complexity index is 1290. The second-order valence-electron chi connectivity index (χ2n) is 7.60. The smallest absolute Gasteiger partial charge is 0.279 e. The first-order valence-corrected chi connectivity index (χ1v) is 10.6. The first-order chi connectivity index (χ1) is 15.8. The van der Waals surface area contributed by atoms with E-state index in [-0.39, 0.29) is 18.8 Å². The SMILES string of the molecule is Cc1ccccc1OCc1c(C(=O)Nc2cc(C)n(Cc3c(F)cccc3Cl)n2)noc1C. The Hall–Kier alpha value is -3.65. The Morgan fingerprint density at radius 2 is 1.94 bits per heavy atom. The van der Waals surface area contributed by atoms with E-state index < -0.39 is 11.7 Å². The molecule has 2 heterocycles. The number of amides is 1. The first-order valence-electron chi connectivity index (χ1n) is 10.3. The van der Waals surface area contributed by atoms with Crippen LogP contribution in [0.3, 0.4) is 0 Å². The zero-order valence-electron chi connectivity index (χ0n) is 18.4. The van der Waals surface area contributed by atoms with Crippen molar-refractivity contribution in [1.29, 1.82) is 0 Å². The van der Waals surface area contributed by atoms with E-state index in [1.54, 1.807) is 36.7 Å². The summed E-state index contributed by atoms with van der Waals surface area (Å²) in [6.45, 7) is 5.72. The molecule has 0 fully saturated rings. The Kier molecular flexibility index (Phi) is 6.46. The number of carbonyl (C=O) groups is 1. The molecule has 0 saturated heterocycles. The van der Waals surface area contributed by atoms with Gasteiger partial charge in [0.25, 0.3) is 5.91 Å². The molecule has 4 aromatic rings. The highest BCUT2D eigenvalue weighted by Gasteiger charge is 2.22. The highest BCUT2D eigenvalue weighted by Crippen LogP contribution is 2.23. The molecule has 7 nitrogen and oxygen atoms in total. The lowest BCUT2D eigenvalue weighted by Crippen LogP contribution is -2.16. The number of halogens is 2. The fraction of sp³-hybridized carbons (Fsp3) is 0.208. The van der Waals surface area contributed by atoms with Gasteiger partial charge in [-0.2, -0.15) is 5.10 Å². The molecule has 0 unspecified atom stereocenters. The molecule has 9 heteroatoms. The Morgan fingerprint density at radius 3 is 2.70 bits per heavy atom. The third-order valence-electron chi connectivity index (χ3n) is 5.26. The fourth-order valence-corrected chi connectivity index (χ4v) is 3.57. The molecular weight excluding hydrogens is 447 g/mol. The van der Waals surface area contributed by atoms with Gasteiger partial charge in [-0.3, -0.25) is 9.48 Å². The summed E-state index contributed by atoms with van der Waals surface area (Å²) in [4.78, 5) is 12.9. The minimum atomic E-state index is -0.483. The minimum absolute atomic E-state index is 0.116. The van der Waals surface area contributed by atoms with Gasteiger partial charge < -0.3 is 14.6 Å². The number of hydrogen-bond acceptors (Lipinski definition) is 5. The third kappa shape index (κ3) is 4.90. The van der Waals surface area contributed by atoms with Crippen molar-refractivity contribution in [3.05, 3.63) is 93.2 Å². The highest BCUT2D eigenvalue weighted by atomic mass is 35.5. The maximum absolute atomic E-state index is 14.1. The van der Waals surface area contributed by atoms with Crippen molar-refractivity contribution in [3.63, 3.8) is 0 Å². The summed E-state index contributed by atoms with van der Waals surface area (Å²) < 4.78 is 26.8. The number of anilines is 1. The average molecular weight is 469 g/mol. The van der Waals surface area contributed by atoms with Crippen molar-refractivity contribution in [2.24, 2.45) is 0 Å². The molecule has 1 amide bonds. The van der Waals surface area contributed by atoms with E-state index in [2.05, 4.69) is 15.6 Å². The van der Waals surface area contributed by atoms with Crippen molar-refractivity contribution in [2.75, 3.05) is 5.32 Å². The molecule has 0 aliphatic carbocycles. The van der Waals surface area contributed by atoms with E-state index in [1.807, 2.05) is 31.2 Å². The molecular formula is C24H22ClFN4O3. The van der Waals surface area contributed by atoms with Gasteiger partial charge in [-0.05, 0) is 44.5 Å². The molecule has 2 aromatic carbocycles. The van der Waals surface area contributed by atoms with Crippen LogP contribution < -0.4 is 10.1 Å². The second-order valence-corrected chi connectivity index (χ2v) is 8.01. The van der Waals surface area contributed by atoms with E-state index in [0.717, 1.165) is 11.3 Å². The van der Waals surface area contributed by atoms with Crippen LogP contribution in [0.5, 0.6) is 5.75 Å². The summed E-state index contributed by atoms with van der Waals surface area (Å²) in [5.41, 5.74) is 2.69. The summed E-state index contributed by atoms with van der Waals surface area (Å²) in [5.74, 6) is 0.606. The van der Waals surface area contributed by atoms with Gasteiger partial charge in [-0.25, -0.2) is 4.39 Å². The van der Waals surface area contributed by atoms with Crippen LogP contribution in [0.2, 0.25) is 5.02 Å². The number of para-hydroxylation sites is 1. The first kappa shape index (κ1) is 22.5. The van der Waals surface area contributed by atoms with E-state index >= 15 is 0 Å². The van der Waals surface area contributed by atoms with Crippen molar-refractivity contribution in [2.45, 2.75) is 33.9 Å². The number of nitrogens with one attached hydrogen (secondary N) is 1. The van der Waals surface area contributed by atoms with Crippen LogP contribution in [-0.4, -0.2) is 20.8 Å². The van der Waals surface area contributed by atoms with Crippen LogP contribution in [0.25, 0.3) is 0 Å². The van der Waals surface area contributed by atoms with Gasteiger partial charge in [0.05, 0.1) is 12.1 Å². The molecule has 2 aromatic heterocycles. The quantitative estimate of drug-likeness (QED) is 0.389. The fourth-order valence-electron chi connectivity index (χ4n) is 3.35. The Morgan fingerprint density at radius 1 is 1.15 bits per heavy atom. The van der Waals surface area contributed by atoms with Crippen LogP contribution in [0.15, 0.2) is 53.1 Å². The summed E-state index contributed by atoms with van der Waals surface area (Å²) in [5, 5.41) is 11.3. The lowest BCUT2D eigenvalue weighted by Gasteiger charge is -2.09. The number of ether oxygens (including phenoxy) is 1. The van der Waals surface area contributed by atoms with E-state index in [1.165, 1.54) is 6.07 Å². The lowest BCUT2D eigenvalue weighted by atomic mass is 10.2. The lowest BCUT2D eigenvalue weighted by molar-refractivity contribution is 0.101. The number of rotatable bonds is 7. The number of carbonyl (C=O) groups excluding carboxylic acids is 1. The summed E-state index contributed by atoms with van der Waals surface area (Å²) >= 11 is 6.12. The molecule has 0 bridgehead atoms. The van der Waals surface area contributed by atoms with Gasteiger partial charge in [0.1, 0.15) is 23.9 Å². The summed E-state index contributed by atoms with van der Waals surface area (Å²) in [7, 11) is 0. The maximum atomic E-state index is 14.1. The zero-order valence-corrected chi connectivity index (χ0v) is 19.1. The molecule has 0 aliphatic heterocycles. The van der Waals surface area contributed by atoms with E-state index in [4.69, 9.17) is 20.9 Å². The molecule has 0 atom stereocenters. The van der Waals surface area contributed by atoms with Gasteiger partial charge >= 0.3 is 0 Å². The number of nitrogens with zero attached hydrogens (tertiary/aromatic N) is 3. The monoisotopic (exact) mass is 468 g/mol. The molecule has 0 radical (unpaired) electrons. The molecule has 33 heavy (non-hydrogen) atoms. The number of benzene rings is 2. The second kappa shape index (κ2) is 9.46.